The quantitative estimate of drug-likeness (QED) is 0.436. The minimum absolute atomic E-state index is 0.0295. The lowest BCUT2D eigenvalue weighted by molar-refractivity contribution is -0.137. The van der Waals surface area contributed by atoms with Gasteiger partial charge in [0.1, 0.15) is 16.7 Å². The maximum Gasteiger partial charge on any atom is 0.417 e. The molecule has 1 atom stereocenters. The van der Waals surface area contributed by atoms with Crippen molar-refractivity contribution < 1.29 is 26.0 Å². The number of hydrogen-bond donors (Lipinski definition) is 2. The maximum atomic E-state index is 13.1. The summed E-state index contributed by atoms with van der Waals surface area (Å²) in [6.45, 7) is 1.68. The fourth-order valence-corrected chi connectivity index (χ4v) is 3.58. The van der Waals surface area contributed by atoms with Crippen molar-refractivity contribution in [1.82, 2.24) is 24.7 Å². The van der Waals surface area contributed by atoms with Gasteiger partial charge in [-0.1, -0.05) is 11.6 Å². The monoisotopic (exact) mass is 487 g/mol. The zero-order chi connectivity index (χ0) is 23.3. The summed E-state index contributed by atoms with van der Waals surface area (Å²) in [5.41, 5.74) is -0.981. The van der Waals surface area contributed by atoms with Crippen LogP contribution in [0.15, 0.2) is 46.1 Å². The SMILES string of the molecule is C[C@H](Nc1nc2cc(C(F)(F)F)c(Cl)cc2o1)c1ncnn1-c1ccc(S(N)(=O)=O)cn1. The Kier molecular flexibility index (Phi) is 5.30. The number of nitrogens with zero attached hydrogens (tertiary/aromatic N) is 5. The molecule has 0 amide bonds. The van der Waals surface area contributed by atoms with Gasteiger partial charge in [0, 0.05) is 12.3 Å². The molecular weight excluding hydrogens is 475 g/mol. The predicted octanol–water partition coefficient (Wildman–Crippen LogP) is 3.30. The third kappa shape index (κ3) is 4.24. The van der Waals surface area contributed by atoms with Crippen LogP contribution in [0.2, 0.25) is 5.02 Å². The Morgan fingerprint density at radius 2 is 2.00 bits per heavy atom. The third-order valence-corrected chi connectivity index (χ3v) is 5.56. The van der Waals surface area contributed by atoms with E-state index in [2.05, 4.69) is 25.4 Å². The molecule has 10 nitrogen and oxygen atoms in total. The maximum absolute atomic E-state index is 13.1. The number of fused-ring (bicyclic) bond motifs is 1. The Morgan fingerprint density at radius 1 is 1.25 bits per heavy atom. The van der Waals surface area contributed by atoms with E-state index in [9.17, 15) is 21.6 Å². The van der Waals surface area contributed by atoms with Gasteiger partial charge in [-0.15, -0.1) is 0 Å². The van der Waals surface area contributed by atoms with Crippen molar-refractivity contribution in [1.29, 1.82) is 0 Å². The largest absolute Gasteiger partial charge is 0.423 e. The first-order chi connectivity index (χ1) is 14.9. The van der Waals surface area contributed by atoms with Gasteiger partial charge in [0.2, 0.25) is 10.0 Å². The molecule has 168 valence electrons. The molecule has 3 heterocycles. The molecule has 4 rings (SSSR count). The highest BCUT2D eigenvalue weighted by molar-refractivity contribution is 7.89. The molecule has 0 bridgehead atoms. The Hall–Kier alpha value is -3.23. The van der Waals surface area contributed by atoms with Crippen LogP contribution >= 0.6 is 11.6 Å². The molecule has 0 saturated carbocycles. The van der Waals surface area contributed by atoms with Crippen LogP contribution in [0, 0.1) is 0 Å². The topological polar surface area (TPSA) is 142 Å². The number of nitrogens with two attached hydrogens (primary N) is 1. The molecule has 32 heavy (non-hydrogen) atoms. The zero-order valence-electron chi connectivity index (χ0n) is 16.0. The summed E-state index contributed by atoms with van der Waals surface area (Å²) in [7, 11) is -3.90. The van der Waals surface area contributed by atoms with Gasteiger partial charge in [-0.25, -0.2) is 23.5 Å². The molecule has 4 aromatic rings. The minimum atomic E-state index is -4.63. The number of oxazole rings is 1. The fraction of sp³-hybridized carbons (Fsp3) is 0.176. The van der Waals surface area contributed by atoms with Crippen LogP contribution in [-0.4, -0.2) is 33.2 Å². The lowest BCUT2D eigenvalue weighted by Gasteiger charge is -2.12. The van der Waals surface area contributed by atoms with E-state index in [4.69, 9.17) is 21.2 Å². The van der Waals surface area contributed by atoms with Gasteiger partial charge in [0.05, 0.1) is 16.6 Å². The molecule has 0 saturated heterocycles. The highest BCUT2D eigenvalue weighted by atomic mass is 35.5. The molecule has 0 unspecified atom stereocenters. The molecule has 0 fully saturated rings. The van der Waals surface area contributed by atoms with Crippen molar-refractivity contribution in [2.45, 2.75) is 24.0 Å². The fourth-order valence-electron chi connectivity index (χ4n) is 2.87. The smallest absolute Gasteiger partial charge is 0.417 e. The molecule has 3 aromatic heterocycles. The molecular formula is C17H13ClF3N7O3S. The van der Waals surface area contributed by atoms with Crippen molar-refractivity contribution in [3.63, 3.8) is 0 Å². The lowest BCUT2D eigenvalue weighted by Crippen LogP contribution is -2.16. The van der Waals surface area contributed by atoms with Crippen LogP contribution in [0.5, 0.6) is 0 Å². The molecule has 0 aliphatic rings. The van der Waals surface area contributed by atoms with E-state index in [1.54, 1.807) is 6.92 Å². The number of primary sulfonamides is 1. The predicted molar refractivity (Wildman–Crippen MR) is 107 cm³/mol. The molecule has 0 radical (unpaired) electrons. The van der Waals surface area contributed by atoms with Crippen LogP contribution < -0.4 is 10.5 Å². The van der Waals surface area contributed by atoms with Gasteiger partial charge >= 0.3 is 6.18 Å². The van der Waals surface area contributed by atoms with Gasteiger partial charge in [-0.05, 0) is 25.1 Å². The van der Waals surface area contributed by atoms with E-state index in [0.29, 0.717) is 5.82 Å². The number of aromatic nitrogens is 5. The van der Waals surface area contributed by atoms with E-state index in [-0.39, 0.29) is 27.8 Å². The summed E-state index contributed by atoms with van der Waals surface area (Å²) in [5, 5.41) is 11.5. The first-order valence-electron chi connectivity index (χ1n) is 8.76. The van der Waals surface area contributed by atoms with Crippen LogP contribution in [0.4, 0.5) is 19.2 Å². The standard InChI is InChI=1S/C17H13ClF3N7O3S/c1-8(15-24-7-25-28(15)14-3-2-9(6-23-14)32(22,29)30)26-16-27-12-4-10(17(19,20)21)11(18)5-13(12)31-16/h2-8H,1H3,(H,26,27)(H2,22,29,30)/t8-/m0/s1. The molecule has 0 aliphatic heterocycles. The second-order valence-corrected chi connectivity index (χ2v) is 8.58. The Bertz CT molecular complexity index is 1400. The molecule has 1 aromatic carbocycles. The summed E-state index contributed by atoms with van der Waals surface area (Å²) >= 11 is 5.71. The van der Waals surface area contributed by atoms with Crippen LogP contribution in [0.3, 0.4) is 0 Å². The van der Waals surface area contributed by atoms with Gasteiger partial charge in [-0.3, -0.25) is 0 Å². The normalized spacial score (nSPS) is 13.4. The number of hydrogen-bond acceptors (Lipinski definition) is 8. The lowest BCUT2D eigenvalue weighted by atomic mass is 10.2. The van der Waals surface area contributed by atoms with E-state index in [1.807, 2.05) is 0 Å². The van der Waals surface area contributed by atoms with Crippen LogP contribution in [0.25, 0.3) is 16.9 Å². The van der Waals surface area contributed by atoms with Crippen molar-refractivity contribution in [3.05, 3.63) is 53.2 Å². The Balaban J connectivity index is 1.61. The third-order valence-electron chi connectivity index (χ3n) is 4.35. The van der Waals surface area contributed by atoms with Crippen molar-refractivity contribution in [2.75, 3.05) is 5.32 Å². The molecule has 0 spiro atoms. The highest BCUT2D eigenvalue weighted by Gasteiger charge is 2.34. The number of anilines is 1. The van der Waals surface area contributed by atoms with Gasteiger partial charge < -0.3 is 9.73 Å². The summed E-state index contributed by atoms with van der Waals surface area (Å²) in [4.78, 5) is 12.0. The summed E-state index contributed by atoms with van der Waals surface area (Å²) in [6, 6.07) is 3.87. The number of sulfonamides is 1. The Morgan fingerprint density at radius 3 is 2.62 bits per heavy atom. The average Bonchev–Trinajstić information content (AvgIpc) is 3.32. The molecule has 0 aliphatic carbocycles. The second-order valence-electron chi connectivity index (χ2n) is 6.61. The molecule has 3 N–H and O–H groups in total. The number of nitrogens with one attached hydrogen (secondary N) is 1. The van der Waals surface area contributed by atoms with Crippen LogP contribution in [0.1, 0.15) is 24.4 Å². The minimum Gasteiger partial charge on any atom is -0.423 e. The zero-order valence-corrected chi connectivity index (χ0v) is 17.6. The second kappa shape index (κ2) is 7.72. The van der Waals surface area contributed by atoms with Gasteiger partial charge in [0.25, 0.3) is 6.01 Å². The van der Waals surface area contributed by atoms with Crippen molar-refractivity contribution in [3.8, 4) is 5.82 Å². The number of rotatable bonds is 5. The molecule has 15 heteroatoms. The van der Waals surface area contributed by atoms with E-state index < -0.39 is 32.8 Å². The number of alkyl halides is 3. The van der Waals surface area contributed by atoms with Gasteiger partial charge in [-0.2, -0.15) is 27.9 Å². The van der Waals surface area contributed by atoms with E-state index in [1.165, 1.54) is 23.1 Å². The van der Waals surface area contributed by atoms with Crippen molar-refractivity contribution in [2.24, 2.45) is 5.14 Å². The number of pyridine rings is 1. The Labute approximate surface area is 183 Å². The summed E-state index contributed by atoms with van der Waals surface area (Å²) in [6.07, 6.45) is -2.30. The first-order valence-corrected chi connectivity index (χ1v) is 10.7. The van der Waals surface area contributed by atoms with Crippen LogP contribution in [-0.2, 0) is 16.2 Å². The first kappa shape index (κ1) is 22.0. The van der Waals surface area contributed by atoms with E-state index in [0.717, 1.165) is 18.3 Å². The summed E-state index contributed by atoms with van der Waals surface area (Å²) in [5.74, 6) is 0.606. The number of benzene rings is 1. The summed E-state index contributed by atoms with van der Waals surface area (Å²) < 4.78 is 68.7. The number of halogens is 4. The van der Waals surface area contributed by atoms with Crippen molar-refractivity contribution >= 4 is 38.7 Å². The van der Waals surface area contributed by atoms with Gasteiger partial charge in [0.15, 0.2) is 17.2 Å². The average molecular weight is 488 g/mol. The van der Waals surface area contributed by atoms with E-state index >= 15 is 0 Å². The highest BCUT2D eigenvalue weighted by Crippen LogP contribution is 2.37.